The highest BCUT2D eigenvalue weighted by Crippen LogP contribution is 2.32. The molecule has 1 amide bonds. The molecule has 0 bridgehead atoms. The van der Waals surface area contributed by atoms with Gasteiger partial charge in [-0.25, -0.2) is 0 Å². The van der Waals surface area contributed by atoms with E-state index in [1.165, 1.54) is 5.56 Å². The number of carbonyl (C=O) groups excluding carboxylic acids is 1. The van der Waals surface area contributed by atoms with Crippen molar-refractivity contribution >= 4 is 5.91 Å². The maximum atomic E-state index is 12.0. The summed E-state index contributed by atoms with van der Waals surface area (Å²) in [5.74, 6) is 1.15. The summed E-state index contributed by atoms with van der Waals surface area (Å²) in [5.41, 5.74) is 1.76. The molecule has 1 aliphatic heterocycles. The molecule has 0 saturated carbocycles. The van der Waals surface area contributed by atoms with Gasteiger partial charge in [0.2, 0.25) is 0 Å². The molecule has 4 heteroatoms. The summed E-state index contributed by atoms with van der Waals surface area (Å²) in [6.45, 7) is 1.32. The number of nitrogens with one attached hydrogen (secondary N) is 1. The first-order valence-electron chi connectivity index (χ1n) is 6.74. The second kappa shape index (κ2) is 5.74. The highest BCUT2D eigenvalue weighted by molar-refractivity contribution is 5.93. The van der Waals surface area contributed by atoms with Crippen molar-refractivity contribution < 1.29 is 9.53 Å². The number of amides is 1. The normalized spacial score (nSPS) is 16.9. The average molecular weight is 268 g/mol. The van der Waals surface area contributed by atoms with Crippen LogP contribution in [0.4, 0.5) is 0 Å². The third kappa shape index (κ3) is 2.64. The summed E-state index contributed by atoms with van der Waals surface area (Å²) in [5, 5.41) is 2.98. The Morgan fingerprint density at radius 1 is 1.30 bits per heavy atom. The number of nitrogens with zero attached hydrogens (tertiary/aromatic N) is 1. The van der Waals surface area contributed by atoms with Crippen LogP contribution >= 0.6 is 0 Å². The Bertz CT molecular complexity index is 598. The Balaban J connectivity index is 1.67. The van der Waals surface area contributed by atoms with Gasteiger partial charge >= 0.3 is 0 Å². The van der Waals surface area contributed by atoms with E-state index in [2.05, 4.69) is 16.4 Å². The largest absolute Gasteiger partial charge is 0.493 e. The van der Waals surface area contributed by atoms with E-state index in [1.807, 2.05) is 18.2 Å². The van der Waals surface area contributed by atoms with Gasteiger partial charge in [0.15, 0.2) is 0 Å². The van der Waals surface area contributed by atoms with Crippen molar-refractivity contribution in [2.45, 2.75) is 12.3 Å². The molecule has 20 heavy (non-hydrogen) atoms. The van der Waals surface area contributed by atoms with Crippen LogP contribution in [-0.4, -0.2) is 24.0 Å². The zero-order valence-electron chi connectivity index (χ0n) is 11.1. The minimum absolute atomic E-state index is 0.0814. The van der Waals surface area contributed by atoms with E-state index in [4.69, 9.17) is 4.74 Å². The zero-order valence-corrected chi connectivity index (χ0v) is 11.1. The van der Waals surface area contributed by atoms with Crippen molar-refractivity contribution in [3.05, 3.63) is 59.9 Å². The van der Waals surface area contributed by atoms with Gasteiger partial charge in [-0.2, -0.15) is 0 Å². The van der Waals surface area contributed by atoms with Crippen LogP contribution in [0.1, 0.15) is 28.3 Å². The summed E-state index contributed by atoms with van der Waals surface area (Å²) in [6.07, 6.45) is 4.16. The summed E-state index contributed by atoms with van der Waals surface area (Å²) >= 11 is 0. The highest BCUT2D eigenvalue weighted by Gasteiger charge is 2.21. The van der Waals surface area contributed by atoms with E-state index in [-0.39, 0.29) is 5.91 Å². The van der Waals surface area contributed by atoms with Crippen LogP contribution in [0, 0.1) is 0 Å². The van der Waals surface area contributed by atoms with Gasteiger partial charge < -0.3 is 10.1 Å². The molecular weight excluding hydrogens is 252 g/mol. The predicted octanol–water partition coefficient (Wildman–Crippen LogP) is 2.38. The maximum Gasteiger partial charge on any atom is 0.252 e. The number of benzene rings is 1. The molecule has 1 aliphatic rings. The molecule has 1 atom stereocenters. The molecule has 1 N–H and O–H groups in total. The lowest BCUT2D eigenvalue weighted by atomic mass is 9.93. The third-order valence-electron chi connectivity index (χ3n) is 3.52. The SMILES string of the molecule is O=C(NCC1CCOc2ccccc21)c1cccnc1. The summed E-state index contributed by atoms with van der Waals surface area (Å²) in [7, 11) is 0. The molecule has 1 aromatic carbocycles. The van der Waals surface area contributed by atoms with Gasteiger partial charge in [0, 0.05) is 24.9 Å². The van der Waals surface area contributed by atoms with Crippen LogP contribution in [0.3, 0.4) is 0 Å². The number of fused-ring (bicyclic) bond motifs is 1. The molecular formula is C16H16N2O2. The molecule has 1 aromatic heterocycles. The first-order chi connectivity index (χ1) is 9.84. The second-order valence-corrected chi connectivity index (χ2v) is 4.82. The number of pyridine rings is 1. The van der Waals surface area contributed by atoms with Crippen molar-refractivity contribution in [3.8, 4) is 5.75 Å². The van der Waals surface area contributed by atoms with Gasteiger partial charge in [-0.1, -0.05) is 18.2 Å². The molecule has 0 radical (unpaired) electrons. The molecule has 2 aromatic rings. The van der Waals surface area contributed by atoms with Crippen LogP contribution < -0.4 is 10.1 Å². The van der Waals surface area contributed by atoms with Crippen molar-refractivity contribution in [2.75, 3.05) is 13.2 Å². The molecule has 2 heterocycles. The molecule has 102 valence electrons. The van der Waals surface area contributed by atoms with Crippen LogP contribution in [0.15, 0.2) is 48.8 Å². The summed E-state index contributed by atoms with van der Waals surface area (Å²) in [4.78, 5) is 16.0. The minimum atomic E-state index is -0.0814. The van der Waals surface area contributed by atoms with E-state index in [0.717, 1.165) is 12.2 Å². The van der Waals surface area contributed by atoms with Gasteiger partial charge in [0.1, 0.15) is 5.75 Å². The average Bonchev–Trinajstić information content (AvgIpc) is 2.53. The number of aromatic nitrogens is 1. The van der Waals surface area contributed by atoms with Crippen LogP contribution in [0.2, 0.25) is 0 Å². The minimum Gasteiger partial charge on any atom is -0.493 e. The first kappa shape index (κ1) is 12.7. The lowest BCUT2D eigenvalue weighted by molar-refractivity contribution is 0.0948. The standard InChI is InChI=1S/C16H16N2O2/c19-16(13-4-3-8-17-10-13)18-11-12-7-9-20-15-6-2-1-5-14(12)15/h1-6,8,10,12H,7,9,11H2,(H,18,19). The number of hydrogen-bond acceptors (Lipinski definition) is 3. The highest BCUT2D eigenvalue weighted by atomic mass is 16.5. The number of hydrogen-bond donors (Lipinski definition) is 1. The Morgan fingerprint density at radius 3 is 3.05 bits per heavy atom. The van der Waals surface area contributed by atoms with Gasteiger partial charge in [-0.15, -0.1) is 0 Å². The summed E-state index contributed by atoms with van der Waals surface area (Å²) in [6, 6.07) is 11.5. The van der Waals surface area contributed by atoms with Crippen LogP contribution in [-0.2, 0) is 0 Å². The fraction of sp³-hybridized carbons (Fsp3) is 0.250. The van der Waals surface area contributed by atoms with E-state index < -0.39 is 0 Å². The maximum absolute atomic E-state index is 12.0. The molecule has 0 spiro atoms. The fourth-order valence-corrected chi connectivity index (χ4v) is 2.44. The van der Waals surface area contributed by atoms with Gasteiger partial charge in [-0.3, -0.25) is 9.78 Å². The van der Waals surface area contributed by atoms with E-state index >= 15 is 0 Å². The third-order valence-corrected chi connectivity index (χ3v) is 3.52. The van der Waals surface area contributed by atoms with Crippen molar-refractivity contribution in [3.63, 3.8) is 0 Å². The number of rotatable bonds is 3. The first-order valence-corrected chi connectivity index (χ1v) is 6.74. The molecule has 0 saturated heterocycles. The lowest BCUT2D eigenvalue weighted by Crippen LogP contribution is -2.30. The van der Waals surface area contributed by atoms with E-state index in [9.17, 15) is 4.79 Å². The molecule has 0 fully saturated rings. The van der Waals surface area contributed by atoms with Crippen molar-refractivity contribution in [2.24, 2.45) is 0 Å². The van der Waals surface area contributed by atoms with Crippen LogP contribution in [0.5, 0.6) is 5.75 Å². The lowest BCUT2D eigenvalue weighted by Gasteiger charge is -2.26. The second-order valence-electron chi connectivity index (χ2n) is 4.82. The van der Waals surface area contributed by atoms with E-state index in [1.54, 1.807) is 24.5 Å². The Kier molecular flexibility index (Phi) is 3.63. The topological polar surface area (TPSA) is 51.2 Å². The summed E-state index contributed by atoms with van der Waals surface area (Å²) < 4.78 is 5.62. The molecule has 4 nitrogen and oxygen atoms in total. The quantitative estimate of drug-likeness (QED) is 0.929. The number of carbonyl (C=O) groups is 1. The monoisotopic (exact) mass is 268 g/mol. The predicted molar refractivity (Wildman–Crippen MR) is 75.9 cm³/mol. The van der Waals surface area contributed by atoms with E-state index in [0.29, 0.717) is 24.6 Å². The molecule has 0 aliphatic carbocycles. The number of para-hydroxylation sites is 1. The Hall–Kier alpha value is -2.36. The fourth-order valence-electron chi connectivity index (χ4n) is 2.44. The molecule has 3 rings (SSSR count). The van der Waals surface area contributed by atoms with Gasteiger partial charge in [0.25, 0.3) is 5.91 Å². The van der Waals surface area contributed by atoms with Crippen LogP contribution in [0.25, 0.3) is 0 Å². The molecule has 1 unspecified atom stereocenters. The Labute approximate surface area is 117 Å². The zero-order chi connectivity index (χ0) is 13.8. The van der Waals surface area contributed by atoms with Gasteiger partial charge in [0.05, 0.1) is 12.2 Å². The van der Waals surface area contributed by atoms with Gasteiger partial charge in [-0.05, 0) is 30.2 Å². The van der Waals surface area contributed by atoms with Crippen molar-refractivity contribution in [1.82, 2.24) is 10.3 Å². The van der Waals surface area contributed by atoms with Crippen molar-refractivity contribution in [1.29, 1.82) is 0 Å². The number of ether oxygens (including phenoxy) is 1. The Morgan fingerprint density at radius 2 is 2.20 bits per heavy atom. The smallest absolute Gasteiger partial charge is 0.252 e.